The Balaban J connectivity index is 1.62. The van der Waals surface area contributed by atoms with Crippen LogP contribution in [0, 0.1) is 17.8 Å². The summed E-state index contributed by atoms with van der Waals surface area (Å²) in [4.78, 5) is 40.2. The number of carboxylic acids is 1. The number of aliphatic carboxylic acids is 1. The highest BCUT2D eigenvalue weighted by molar-refractivity contribution is 6.31. The number of aliphatic imine (C=N–C) groups is 1. The number of ether oxygens (including phenoxy) is 1. The van der Waals surface area contributed by atoms with E-state index in [9.17, 15) is 24.6 Å². The van der Waals surface area contributed by atoms with E-state index in [-0.39, 0.29) is 40.9 Å². The summed E-state index contributed by atoms with van der Waals surface area (Å²) in [5, 5.41) is 19.0. The molecule has 0 aliphatic rings. The van der Waals surface area contributed by atoms with Gasteiger partial charge in [-0.2, -0.15) is 0 Å². The van der Waals surface area contributed by atoms with E-state index in [1.165, 1.54) is 42.5 Å². The molecule has 0 spiro atoms. The van der Waals surface area contributed by atoms with Gasteiger partial charge in [-0.15, -0.1) is 0 Å². The first-order chi connectivity index (χ1) is 17.6. The average Bonchev–Trinajstić information content (AvgIpc) is 2.84. The summed E-state index contributed by atoms with van der Waals surface area (Å²) >= 11 is 6.26. The van der Waals surface area contributed by atoms with E-state index in [2.05, 4.69) is 16.8 Å². The van der Waals surface area contributed by atoms with Crippen molar-refractivity contribution < 1.29 is 29.3 Å². The van der Waals surface area contributed by atoms with Crippen molar-refractivity contribution in [3.8, 4) is 23.3 Å². The number of hydrogen-bond acceptors (Lipinski definition) is 6. The van der Waals surface area contributed by atoms with Crippen LogP contribution in [0.2, 0.25) is 5.02 Å². The first kappa shape index (κ1) is 26.8. The molecular weight excluding hydrogens is 498 g/mol. The number of guanidine groups is 1. The number of carbonyl (C=O) groups excluding carboxylic acids is 2. The lowest BCUT2D eigenvalue weighted by atomic mass is 9.99. The Hall–Kier alpha value is -4.81. The summed E-state index contributed by atoms with van der Waals surface area (Å²) in [6, 6.07) is 16.6. The molecular formula is C27H22ClN3O6. The molecule has 9 nitrogen and oxygen atoms in total. The molecule has 0 aliphatic heterocycles. The summed E-state index contributed by atoms with van der Waals surface area (Å²) in [6.45, 7) is 0. The number of phenols is 1. The fourth-order valence-corrected chi connectivity index (χ4v) is 3.41. The number of hydrogen-bond donors (Lipinski definition) is 4. The first-order valence-corrected chi connectivity index (χ1v) is 11.2. The lowest BCUT2D eigenvalue weighted by molar-refractivity contribution is -0.139. The molecule has 3 aromatic rings. The van der Waals surface area contributed by atoms with Crippen LogP contribution >= 0.6 is 11.6 Å². The van der Waals surface area contributed by atoms with Crippen LogP contribution in [0.4, 0.5) is 5.69 Å². The third-order valence-electron chi connectivity index (χ3n) is 5.01. The number of aromatic hydroxyl groups is 1. The van der Waals surface area contributed by atoms with Crippen LogP contribution in [0.3, 0.4) is 0 Å². The van der Waals surface area contributed by atoms with E-state index in [0.717, 1.165) is 0 Å². The van der Waals surface area contributed by atoms with Crippen LogP contribution in [0.15, 0.2) is 71.7 Å². The van der Waals surface area contributed by atoms with E-state index >= 15 is 0 Å². The molecule has 0 heterocycles. The van der Waals surface area contributed by atoms with Crippen LogP contribution in [-0.4, -0.2) is 33.9 Å². The number of halogens is 1. The third kappa shape index (κ3) is 8.13. The zero-order valence-corrected chi connectivity index (χ0v) is 20.1. The average molecular weight is 520 g/mol. The molecule has 0 saturated heterocycles. The minimum atomic E-state index is -1.16. The summed E-state index contributed by atoms with van der Waals surface area (Å²) < 4.78 is 5.33. The lowest BCUT2D eigenvalue weighted by Crippen LogP contribution is -2.21. The number of carbonyl (C=O) groups is 3. The van der Waals surface area contributed by atoms with Crippen molar-refractivity contribution in [3.63, 3.8) is 0 Å². The molecule has 0 radical (unpaired) electrons. The number of phenolic OH excluding ortho intramolecular Hbond substituents is 1. The van der Waals surface area contributed by atoms with Crippen molar-refractivity contribution >= 4 is 41.0 Å². The van der Waals surface area contributed by atoms with Gasteiger partial charge in [0.25, 0.3) is 0 Å². The standard InChI is InChI=1S/C27H22ClN3O6/c28-24-15-23(37-26(36)17-3-7-20(8-4-17)31-27(29)30)12-6-18(24)14-22(33)11-5-19(25(34)35)13-16-1-9-21(32)10-2-16/h1-4,6-10,12,15,19,32H,13-14H2,(H,34,35)(H4,29,30,31)/t19-/m0/s1. The summed E-state index contributed by atoms with van der Waals surface area (Å²) in [6.07, 6.45) is -0.0778. The molecule has 37 heavy (non-hydrogen) atoms. The fourth-order valence-electron chi connectivity index (χ4n) is 3.17. The molecule has 3 aromatic carbocycles. The molecule has 6 N–H and O–H groups in total. The Morgan fingerprint density at radius 2 is 1.68 bits per heavy atom. The Morgan fingerprint density at radius 1 is 1.00 bits per heavy atom. The van der Waals surface area contributed by atoms with E-state index in [1.54, 1.807) is 24.3 Å². The maximum absolute atomic E-state index is 12.4. The van der Waals surface area contributed by atoms with Crippen molar-refractivity contribution in [3.05, 3.63) is 88.4 Å². The Morgan fingerprint density at radius 3 is 2.27 bits per heavy atom. The van der Waals surface area contributed by atoms with Gasteiger partial charge in [0.05, 0.1) is 11.3 Å². The van der Waals surface area contributed by atoms with Gasteiger partial charge in [-0.1, -0.05) is 35.7 Å². The largest absolute Gasteiger partial charge is 0.508 e. The second kappa shape index (κ2) is 12.2. The van der Waals surface area contributed by atoms with E-state index in [4.69, 9.17) is 27.8 Å². The minimum Gasteiger partial charge on any atom is -0.508 e. The van der Waals surface area contributed by atoms with Crippen LogP contribution in [0.1, 0.15) is 21.5 Å². The molecule has 0 aliphatic carbocycles. The van der Waals surface area contributed by atoms with Gasteiger partial charge in [0.2, 0.25) is 5.78 Å². The number of carboxylic acid groups (broad SMARTS) is 1. The zero-order chi connectivity index (χ0) is 26.9. The van der Waals surface area contributed by atoms with Crippen LogP contribution in [-0.2, 0) is 22.4 Å². The second-order valence-corrected chi connectivity index (χ2v) is 8.26. The monoisotopic (exact) mass is 519 g/mol. The maximum atomic E-state index is 12.4. The van der Waals surface area contributed by atoms with Crippen molar-refractivity contribution in [2.45, 2.75) is 12.8 Å². The number of nitrogens with zero attached hydrogens (tertiary/aromatic N) is 1. The number of esters is 1. The SMILES string of the molecule is NC(N)=Nc1ccc(C(=O)Oc2ccc(CC(=O)C#C[C@@H](Cc3ccc(O)cc3)C(=O)O)c(Cl)c2)cc1. The number of rotatable bonds is 8. The number of nitrogens with two attached hydrogens (primary N) is 2. The molecule has 0 fully saturated rings. The summed E-state index contributed by atoms with van der Waals surface area (Å²) in [5.41, 5.74) is 12.5. The van der Waals surface area contributed by atoms with Gasteiger partial charge in [-0.05, 0) is 72.0 Å². The van der Waals surface area contributed by atoms with E-state index in [1.807, 2.05) is 0 Å². The Kier molecular flexibility index (Phi) is 8.86. The van der Waals surface area contributed by atoms with E-state index in [0.29, 0.717) is 16.8 Å². The number of ketones is 1. The van der Waals surface area contributed by atoms with Gasteiger partial charge < -0.3 is 26.4 Å². The van der Waals surface area contributed by atoms with Gasteiger partial charge in [-0.25, -0.2) is 9.79 Å². The predicted octanol–water partition coefficient (Wildman–Crippen LogP) is 3.23. The van der Waals surface area contributed by atoms with Crippen LogP contribution < -0.4 is 16.2 Å². The topological polar surface area (TPSA) is 165 Å². The van der Waals surface area contributed by atoms with Crippen molar-refractivity contribution in [1.82, 2.24) is 0 Å². The van der Waals surface area contributed by atoms with Crippen molar-refractivity contribution in [2.75, 3.05) is 0 Å². The van der Waals surface area contributed by atoms with Gasteiger partial charge in [0.1, 0.15) is 17.4 Å². The number of benzene rings is 3. The van der Waals surface area contributed by atoms with Crippen molar-refractivity contribution in [2.24, 2.45) is 22.4 Å². The molecule has 0 unspecified atom stereocenters. The summed E-state index contributed by atoms with van der Waals surface area (Å²) in [7, 11) is 0. The third-order valence-corrected chi connectivity index (χ3v) is 5.36. The molecule has 10 heteroatoms. The Labute approximate surface area is 217 Å². The molecule has 188 valence electrons. The highest BCUT2D eigenvalue weighted by Gasteiger charge is 2.16. The maximum Gasteiger partial charge on any atom is 0.343 e. The van der Waals surface area contributed by atoms with Gasteiger partial charge >= 0.3 is 11.9 Å². The smallest absolute Gasteiger partial charge is 0.343 e. The molecule has 0 bridgehead atoms. The zero-order valence-electron chi connectivity index (χ0n) is 19.3. The second-order valence-electron chi connectivity index (χ2n) is 7.86. The molecule has 1 atom stereocenters. The quantitative estimate of drug-likeness (QED) is 0.0879. The molecule has 0 amide bonds. The van der Waals surface area contributed by atoms with Gasteiger partial charge in [0, 0.05) is 11.4 Å². The first-order valence-electron chi connectivity index (χ1n) is 10.9. The predicted molar refractivity (Wildman–Crippen MR) is 138 cm³/mol. The minimum absolute atomic E-state index is 0.0627. The molecule has 3 rings (SSSR count). The van der Waals surface area contributed by atoms with Crippen molar-refractivity contribution in [1.29, 1.82) is 0 Å². The molecule has 0 saturated carbocycles. The number of Topliss-reactive ketones (excluding diaryl/α,β-unsaturated/α-hetero) is 1. The highest BCUT2D eigenvalue weighted by Crippen LogP contribution is 2.24. The van der Waals surface area contributed by atoms with Gasteiger partial charge in [0.15, 0.2) is 5.96 Å². The highest BCUT2D eigenvalue weighted by atomic mass is 35.5. The van der Waals surface area contributed by atoms with Gasteiger partial charge in [-0.3, -0.25) is 9.59 Å². The van der Waals surface area contributed by atoms with E-state index < -0.39 is 23.6 Å². The van der Waals surface area contributed by atoms with Crippen LogP contribution in [0.25, 0.3) is 0 Å². The Bertz CT molecular complexity index is 1400. The lowest BCUT2D eigenvalue weighted by Gasteiger charge is -2.08. The summed E-state index contributed by atoms with van der Waals surface area (Å²) in [5.74, 6) is 1.58. The fraction of sp³-hybridized carbons (Fsp3) is 0.111. The normalized spacial score (nSPS) is 10.9. The molecule has 0 aromatic heterocycles. The van der Waals surface area contributed by atoms with Crippen LogP contribution in [0.5, 0.6) is 11.5 Å².